The molecule has 1 amide bonds. The van der Waals surface area contributed by atoms with Gasteiger partial charge in [-0.1, -0.05) is 37.2 Å². The third-order valence-corrected chi connectivity index (χ3v) is 4.22. The Kier molecular flexibility index (Phi) is 7.08. The molecule has 0 spiro atoms. The quantitative estimate of drug-likeness (QED) is 0.566. The largest absolute Gasteiger partial charge is 0.492 e. The van der Waals surface area contributed by atoms with Crippen LogP contribution in [0.25, 0.3) is 0 Å². The van der Waals surface area contributed by atoms with E-state index in [2.05, 4.69) is 29.1 Å². The van der Waals surface area contributed by atoms with Crippen LogP contribution in [0.1, 0.15) is 25.2 Å². The van der Waals surface area contributed by atoms with Crippen LogP contribution in [0.3, 0.4) is 0 Å². The molecule has 7 heteroatoms. The summed E-state index contributed by atoms with van der Waals surface area (Å²) in [7, 11) is 0. The lowest BCUT2D eigenvalue weighted by molar-refractivity contribution is -0.113. The van der Waals surface area contributed by atoms with Gasteiger partial charge in [-0.25, -0.2) is 9.97 Å². The second kappa shape index (κ2) is 9.06. The molecule has 0 atom stereocenters. The maximum absolute atomic E-state index is 12.1. The number of anilines is 1. The predicted molar refractivity (Wildman–Crippen MR) is 103 cm³/mol. The summed E-state index contributed by atoms with van der Waals surface area (Å²) in [4.78, 5) is 20.7. The Morgan fingerprint density at radius 1 is 1.24 bits per heavy atom. The van der Waals surface area contributed by atoms with E-state index in [9.17, 15) is 4.79 Å². The fourth-order valence-corrected chi connectivity index (χ4v) is 3.02. The maximum atomic E-state index is 12.1. The third kappa shape index (κ3) is 6.55. The zero-order valence-corrected chi connectivity index (χ0v) is 16.4. The molecule has 0 fully saturated rings. The van der Waals surface area contributed by atoms with Crippen LogP contribution in [-0.4, -0.2) is 28.2 Å². The number of nitrogens with zero attached hydrogens (tertiary/aromatic N) is 2. The van der Waals surface area contributed by atoms with E-state index in [-0.39, 0.29) is 11.7 Å². The first-order chi connectivity index (χ1) is 11.8. The van der Waals surface area contributed by atoms with Crippen LogP contribution in [0.4, 0.5) is 5.69 Å². The van der Waals surface area contributed by atoms with Crippen molar-refractivity contribution in [3.63, 3.8) is 0 Å². The van der Waals surface area contributed by atoms with Crippen molar-refractivity contribution in [1.29, 1.82) is 0 Å². The zero-order valence-electron chi connectivity index (χ0n) is 14.8. The number of hydrogen-bond acceptors (Lipinski definition) is 5. The normalized spacial score (nSPS) is 10.8. The van der Waals surface area contributed by atoms with Gasteiger partial charge < -0.3 is 10.1 Å². The number of ether oxygens (including phenoxy) is 1. The number of amides is 1. The summed E-state index contributed by atoms with van der Waals surface area (Å²) in [5.74, 6) is 1.12. The van der Waals surface area contributed by atoms with E-state index >= 15 is 0 Å². The fraction of sp³-hybridized carbons (Fsp3) is 0.389. The number of thioether (sulfide) groups is 1. The molecule has 2 rings (SSSR count). The Balaban J connectivity index is 1.90. The summed E-state index contributed by atoms with van der Waals surface area (Å²) in [6.45, 7) is 8.55. The molecule has 0 aliphatic rings. The molecule has 1 N–H and O–H groups in total. The molecule has 25 heavy (non-hydrogen) atoms. The first-order valence-electron chi connectivity index (χ1n) is 8.01. The number of halogens is 1. The van der Waals surface area contributed by atoms with Gasteiger partial charge in [0, 0.05) is 17.1 Å². The number of aryl methyl sites for hydroxylation is 2. The van der Waals surface area contributed by atoms with Crippen LogP contribution >= 0.6 is 23.4 Å². The van der Waals surface area contributed by atoms with Crippen LogP contribution in [-0.2, 0) is 4.79 Å². The monoisotopic (exact) mass is 379 g/mol. The average Bonchev–Trinajstić information content (AvgIpc) is 2.51. The van der Waals surface area contributed by atoms with Gasteiger partial charge in [0.05, 0.1) is 17.4 Å². The second-order valence-electron chi connectivity index (χ2n) is 6.12. The van der Waals surface area contributed by atoms with Crippen molar-refractivity contribution in [1.82, 2.24) is 9.97 Å². The molecule has 1 aromatic heterocycles. The predicted octanol–water partition coefficient (Wildman–Crippen LogP) is 4.51. The molecular formula is C18H22ClN3O2S. The molecule has 0 aliphatic carbocycles. The van der Waals surface area contributed by atoms with E-state index in [4.69, 9.17) is 16.3 Å². The summed E-state index contributed by atoms with van der Waals surface area (Å²) in [5.41, 5.74) is 2.41. The number of rotatable bonds is 7. The van der Waals surface area contributed by atoms with Crippen LogP contribution in [0, 0.1) is 19.8 Å². The SMILES string of the molecule is Cc1cc(C)nc(SCC(=O)Nc2ccc(OCC(C)C)c(Cl)c2)n1. The molecule has 5 nitrogen and oxygen atoms in total. The fourth-order valence-electron chi connectivity index (χ4n) is 2.04. The van der Waals surface area contributed by atoms with Crippen molar-refractivity contribution >= 4 is 35.0 Å². The van der Waals surface area contributed by atoms with Crippen LogP contribution in [0.15, 0.2) is 29.4 Å². The van der Waals surface area contributed by atoms with Crippen LogP contribution in [0.2, 0.25) is 5.02 Å². The third-order valence-electron chi connectivity index (χ3n) is 3.08. The highest BCUT2D eigenvalue weighted by Gasteiger charge is 2.09. The van der Waals surface area contributed by atoms with Gasteiger partial charge in [0.15, 0.2) is 5.16 Å². The molecule has 0 saturated heterocycles. The van der Waals surface area contributed by atoms with Crippen LogP contribution in [0.5, 0.6) is 5.75 Å². The highest BCUT2D eigenvalue weighted by Crippen LogP contribution is 2.28. The van der Waals surface area contributed by atoms with Gasteiger partial charge in [-0.3, -0.25) is 4.79 Å². The Labute approximate surface area is 157 Å². The van der Waals surface area contributed by atoms with E-state index in [0.717, 1.165) is 11.4 Å². The van der Waals surface area contributed by atoms with Gasteiger partial charge in [-0.15, -0.1) is 0 Å². The minimum atomic E-state index is -0.139. The number of aromatic nitrogens is 2. The summed E-state index contributed by atoms with van der Waals surface area (Å²) in [6, 6.07) is 7.13. The van der Waals surface area contributed by atoms with Crippen molar-refractivity contribution in [2.24, 2.45) is 5.92 Å². The Morgan fingerprint density at radius 3 is 2.52 bits per heavy atom. The number of carbonyl (C=O) groups is 1. The van der Waals surface area contributed by atoms with Crippen molar-refractivity contribution < 1.29 is 9.53 Å². The topological polar surface area (TPSA) is 64.1 Å². The van der Waals surface area contributed by atoms with Crippen molar-refractivity contribution in [3.05, 3.63) is 40.7 Å². The van der Waals surface area contributed by atoms with Gasteiger partial charge in [-0.05, 0) is 44.0 Å². The minimum Gasteiger partial charge on any atom is -0.492 e. The molecule has 134 valence electrons. The van der Waals surface area contributed by atoms with E-state index in [1.165, 1.54) is 11.8 Å². The summed E-state index contributed by atoms with van der Waals surface area (Å²) in [6.07, 6.45) is 0. The second-order valence-corrected chi connectivity index (χ2v) is 7.47. The highest BCUT2D eigenvalue weighted by atomic mass is 35.5. The molecule has 1 aromatic carbocycles. The molecule has 0 saturated carbocycles. The first kappa shape index (κ1) is 19.5. The summed E-state index contributed by atoms with van der Waals surface area (Å²) in [5, 5.41) is 3.89. The lowest BCUT2D eigenvalue weighted by Crippen LogP contribution is -2.14. The van der Waals surface area contributed by atoms with Gasteiger partial charge in [0.25, 0.3) is 0 Å². The van der Waals surface area contributed by atoms with Gasteiger partial charge in [0.2, 0.25) is 5.91 Å². The molecule has 0 unspecified atom stereocenters. The maximum Gasteiger partial charge on any atom is 0.234 e. The van der Waals surface area contributed by atoms with Gasteiger partial charge >= 0.3 is 0 Å². The Hall–Kier alpha value is -1.79. The standard InChI is InChI=1S/C18H22ClN3O2S/c1-11(2)9-24-16-6-5-14(8-15(16)19)22-17(23)10-25-18-20-12(3)7-13(4)21-18/h5-8,11H,9-10H2,1-4H3,(H,22,23). The molecule has 0 aliphatic heterocycles. The molecule has 0 radical (unpaired) electrons. The lowest BCUT2D eigenvalue weighted by Gasteiger charge is -2.12. The minimum absolute atomic E-state index is 0.139. The summed E-state index contributed by atoms with van der Waals surface area (Å²) < 4.78 is 5.62. The van der Waals surface area contributed by atoms with Crippen molar-refractivity contribution in [2.75, 3.05) is 17.7 Å². The van der Waals surface area contributed by atoms with Crippen molar-refractivity contribution in [3.8, 4) is 5.75 Å². The molecule has 1 heterocycles. The molecular weight excluding hydrogens is 358 g/mol. The Bertz CT molecular complexity index is 733. The lowest BCUT2D eigenvalue weighted by atomic mass is 10.2. The Morgan fingerprint density at radius 2 is 1.92 bits per heavy atom. The number of hydrogen-bond donors (Lipinski definition) is 1. The smallest absolute Gasteiger partial charge is 0.234 e. The zero-order chi connectivity index (χ0) is 18.4. The van der Waals surface area contributed by atoms with Crippen molar-refractivity contribution in [2.45, 2.75) is 32.9 Å². The van der Waals surface area contributed by atoms with E-state index in [1.807, 2.05) is 19.9 Å². The summed E-state index contributed by atoms with van der Waals surface area (Å²) >= 11 is 7.51. The molecule has 0 bridgehead atoms. The average molecular weight is 380 g/mol. The van der Waals surface area contributed by atoms with Gasteiger partial charge in [0.1, 0.15) is 5.75 Å². The van der Waals surface area contributed by atoms with Gasteiger partial charge in [-0.2, -0.15) is 0 Å². The van der Waals surface area contributed by atoms with E-state index < -0.39 is 0 Å². The molecule has 2 aromatic rings. The van der Waals surface area contributed by atoms with E-state index in [1.54, 1.807) is 18.2 Å². The first-order valence-corrected chi connectivity index (χ1v) is 9.37. The number of nitrogens with one attached hydrogen (secondary N) is 1. The van der Waals surface area contributed by atoms with Crippen LogP contribution < -0.4 is 10.1 Å². The number of benzene rings is 1. The van der Waals surface area contributed by atoms with E-state index in [0.29, 0.717) is 34.1 Å². The highest BCUT2D eigenvalue weighted by molar-refractivity contribution is 7.99. The number of carbonyl (C=O) groups excluding carboxylic acids is 1.